The number of nitrogens with zero attached hydrogens (tertiary/aromatic N) is 2. The van der Waals surface area contributed by atoms with Crippen LogP contribution in [0.3, 0.4) is 0 Å². The normalized spacial score (nSPS) is 16.8. The Morgan fingerprint density at radius 3 is 2.12 bits per heavy atom. The molecule has 9 heteroatoms. The topological polar surface area (TPSA) is 99.5 Å². The number of likely N-dealkylation sites (N-methyl/N-ethyl adjacent to an activating group) is 1. The van der Waals surface area contributed by atoms with Gasteiger partial charge in [-0.2, -0.15) is 0 Å². The van der Waals surface area contributed by atoms with Crippen molar-refractivity contribution in [3.8, 4) is 34.1 Å². The average molecular weight is 647 g/mol. The summed E-state index contributed by atoms with van der Waals surface area (Å²) in [7, 11) is 4.97. The van der Waals surface area contributed by atoms with Crippen molar-refractivity contribution in [1.82, 2.24) is 9.47 Å². The van der Waals surface area contributed by atoms with Gasteiger partial charge in [-0.15, -0.1) is 0 Å². The lowest BCUT2D eigenvalue weighted by Gasteiger charge is -2.47. The van der Waals surface area contributed by atoms with Crippen molar-refractivity contribution >= 4 is 5.91 Å². The Bertz CT molecular complexity index is 2060. The van der Waals surface area contributed by atoms with Crippen LogP contribution >= 0.6 is 0 Å². The van der Waals surface area contributed by atoms with E-state index < -0.39 is 17.5 Å². The molecular weight excluding hydrogens is 608 g/mol. The number of hydrogen-bond donors (Lipinski definition) is 1. The summed E-state index contributed by atoms with van der Waals surface area (Å²) in [6, 6.07) is 22.5. The van der Waals surface area contributed by atoms with Crippen LogP contribution in [-0.2, 0) is 31.0 Å². The first-order valence-corrected chi connectivity index (χ1v) is 16.0. The van der Waals surface area contributed by atoms with E-state index >= 15 is 0 Å². The quantitative estimate of drug-likeness (QED) is 0.203. The number of phenols is 1. The summed E-state index contributed by atoms with van der Waals surface area (Å²) in [4.78, 5) is 30.7. The first kappa shape index (κ1) is 31.5. The molecule has 4 aliphatic rings. The third kappa shape index (κ3) is 5.01. The number of carbonyl (C=O) groups is 1. The smallest absolute Gasteiger partial charge is 0.248 e. The summed E-state index contributed by atoms with van der Waals surface area (Å²) >= 11 is 0. The van der Waals surface area contributed by atoms with Crippen LogP contribution in [0.5, 0.6) is 23.0 Å². The van der Waals surface area contributed by atoms with Crippen LogP contribution in [0, 0.1) is 13.8 Å². The van der Waals surface area contributed by atoms with E-state index in [1.54, 1.807) is 24.7 Å². The van der Waals surface area contributed by atoms with E-state index in [1.165, 1.54) is 7.11 Å². The number of benzene rings is 4. The monoisotopic (exact) mass is 646 g/mol. The number of aromatic nitrogens is 1. The SMILES string of the molecule is COc1c(C)cc2c(c1OCc1ccccc1)[C@@H]1c3cc4c(O)c(C)c(OC)c(=O)c-4c(COCc4ccccc4)n3C(=O)[C@H](C2)N1C. The fourth-order valence-corrected chi connectivity index (χ4v) is 7.38. The van der Waals surface area contributed by atoms with Gasteiger partial charge >= 0.3 is 0 Å². The molecule has 1 N–H and O–H groups in total. The number of phenolic OH excluding ortho intramolecular Hbond substituents is 1. The predicted molar refractivity (Wildman–Crippen MR) is 181 cm³/mol. The highest BCUT2D eigenvalue weighted by molar-refractivity contribution is 5.92. The van der Waals surface area contributed by atoms with Crippen LogP contribution in [0.25, 0.3) is 11.1 Å². The molecule has 3 aromatic carbocycles. The number of pyridine rings is 1. The molecule has 7 rings (SSSR count). The maximum atomic E-state index is 14.6. The van der Waals surface area contributed by atoms with Gasteiger partial charge in [0.25, 0.3) is 0 Å². The van der Waals surface area contributed by atoms with Gasteiger partial charge in [-0.3, -0.25) is 19.1 Å². The lowest BCUT2D eigenvalue weighted by Crippen LogP contribution is -2.54. The van der Waals surface area contributed by atoms with E-state index in [2.05, 4.69) is 11.0 Å². The minimum absolute atomic E-state index is 0.0348. The number of rotatable bonds is 9. The summed E-state index contributed by atoms with van der Waals surface area (Å²) in [6.07, 6.45) is 0.440. The van der Waals surface area contributed by atoms with E-state index in [4.69, 9.17) is 18.9 Å². The van der Waals surface area contributed by atoms with Crippen LogP contribution in [0.15, 0.2) is 77.6 Å². The largest absolute Gasteiger partial charge is 0.507 e. The first-order valence-electron chi connectivity index (χ1n) is 16.0. The molecule has 3 heterocycles. The number of methoxy groups -OCH3 is 2. The molecule has 0 saturated carbocycles. The summed E-state index contributed by atoms with van der Waals surface area (Å²) in [5, 5.41) is 11.5. The van der Waals surface area contributed by atoms with Crippen molar-refractivity contribution in [2.24, 2.45) is 0 Å². The molecule has 3 aliphatic heterocycles. The molecule has 9 nitrogen and oxygen atoms in total. The Labute approximate surface area is 279 Å². The molecule has 246 valence electrons. The lowest BCUT2D eigenvalue weighted by molar-refractivity contribution is 0.0566. The van der Waals surface area contributed by atoms with Gasteiger partial charge in [-0.25, -0.2) is 0 Å². The Kier molecular flexibility index (Phi) is 8.19. The molecule has 2 bridgehead atoms. The number of carbonyl (C=O) groups excluding carboxylic acids is 1. The van der Waals surface area contributed by atoms with Crippen molar-refractivity contribution in [2.75, 3.05) is 21.3 Å². The van der Waals surface area contributed by atoms with E-state index in [0.717, 1.165) is 27.8 Å². The Hall–Kier alpha value is -5.12. The van der Waals surface area contributed by atoms with E-state index in [1.807, 2.05) is 74.6 Å². The standard InChI is InChI=1S/C39H38N2O7/c1-22-16-26-17-29-39(44)41-28(33(40(29)3)31(26)38(36(22)45-4)48-20-25-14-10-7-11-15-25)18-27-32(35(43)37(46-5)23(2)34(27)42)30(41)21-47-19-24-12-8-6-9-13-24/h6-16,18,29,33,42H,17,19-21H2,1-5H3/t29-,33-/m0/s1. The van der Waals surface area contributed by atoms with Crippen LogP contribution < -0.4 is 19.6 Å². The highest BCUT2D eigenvalue weighted by Crippen LogP contribution is 2.51. The van der Waals surface area contributed by atoms with Gasteiger partial charge in [0, 0.05) is 22.4 Å². The molecule has 0 aromatic heterocycles. The Balaban J connectivity index is 1.47. The van der Waals surface area contributed by atoms with Gasteiger partial charge in [0.05, 0.1) is 50.8 Å². The number of hydrogen-bond acceptors (Lipinski definition) is 8. The highest BCUT2D eigenvalue weighted by atomic mass is 16.5. The Morgan fingerprint density at radius 1 is 0.833 bits per heavy atom. The first-order chi connectivity index (χ1) is 23.2. The molecule has 48 heavy (non-hydrogen) atoms. The molecular formula is C39H38N2O7. The zero-order valence-electron chi connectivity index (χ0n) is 27.7. The molecule has 0 fully saturated rings. The molecule has 0 radical (unpaired) electrons. The molecule has 3 aromatic rings. The van der Waals surface area contributed by atoms with Crippen molar-refractivity contribution in [3.63, 3.8) is 0 Å². The molecule has 0 saturated heterocycles. The zero-order chi connectivity index (χ0) is 33.7. The molecule has 0 spiro atoms. The van der Waals surface area contributed by atoms with Gasteiger partial charge in [0.15, 0.2) is 17.2 Å². The summed E-state index contributed by atoms with van der Waals surface area (Å²) in [5.74, 6) is 1.01. The minimum Gasteiger partial charge on any atom is -0.507 e. The predicted octanol–water partition coefficient (Wildman–Crippen LogP) is 6.19. The second kappa shape index (κ2) is 12.5. The lowest BCUT2D eigenvalue weighted by atomic mass is 9.80. The molecule has 0 unspecified atom stereocenters. The zero-order valence-corrected chi connectivity index (χ0v) is 27.7. The van der Waals surface area contributed by atoms with Gasteiger partial charge in [-0.05, 0) is 55.6 Å². The van der Waals surface area contributed by atoms with Crippen LogP contribution in [0.4, 0.5) is 0 Å². The van der Waals surface area contributed by atoms with E-state index in [0.29, 0.717) is 47.0 Å². The van der Waals surface area contributed by atoms with Crippen molar-refractivity contribution < 1.29 is 28.8 Å². The van der Waals surface area contributed by atoms with Crippen LogP contribution in [0.2, 0.25) is 0 Å². The number of aryl methyl sites for hydroxylation is 1. The van der Waals surface area contributed by atoms with Crippen molar-refractivity contribution in [3.05, 3.63) is 128 Å². The van der Waals surface area contributed by atoms with E-state index in [9.17, 15) is 14.7 Å². The maximum Gasteiger partial charge on any atom is 0.248 e. The van der Waals surface area contributed by atoms with Gasteiger partial charge < -0.3 is 24.1 Å². The van der Waals surface area contributed by atoms with Gasteiger partial charge in [0.1, 0.15) is 12.4 Å². The third-order valence-corrected chi connectivity index (χ3v) is 9.66. The molecule has 2 atom stereocenters. The summed E-state index contributed by atoms with van der Waals surface area (Å²) in [5.41, 5.74) is 6.18. The highest BCUT2D eigenvalue weighted by Gasteiger charge is 2.47. The van der Waals surface area contributed by atoms with Crippen molar-refractivity contribution in [2.45, 2.75) is 52.2 Å². The fraction of sp³-hybridized carbons (Fsp3) is 0.282. The van der Waals surface area contributed by atoms with Crippen molar-refractivity contribution in [1.29, 1.82) is 0 Å². The maximum absolute atomic E-state index is 14.6. The number of ether oxygens (including phenoxy) is 4. The van der Waals surface area contributed by atoms with Crippen LogP contribution in [0.1, 0.15) is 55.6 Å². The van der Waals surface area contributed by atoms with Gasteiger partial charge in [0.2, 0.25) is 11.3 Å². The third-order valence-electron chi connectivity index (χ3n) is 9.66. The fourth-order valence-electron chi connectivity index (χ4n) is 7.38. The van der Waals surface area contributed by atoms with Gasteiger partial charge in [-0.1, -0.05) is 66.7 Å². The molecule has 0 amide bonds. The second-order valence-electron chi connectivity index (χ2n) is 12.5. The number of aromatic hydroxyl groups is 1. The molecule has 1 aliphatic carbocycles. The summed E-state index contributed by atoms with van der Waals surface area (Å²) in [6.45, 7) is 4.18. The second-order valence-corrected chi connectivity index (χ2v) is 12.5. The number of fused-ring (bicyclic) bond motifs is 7. The van der Waals surface area contributed by atoms with E-state index in [-0.39, 0.29) is 36.2 Å². The average Bonchev–Trinajstić information content (AvgIpc) is 3.09. The minimum atomic E-state index is -0.517. The Morgan fingerprint density at radius 2 is 1.48 bits per heavy atom. The summed E-state index contributed by atoms with van der Waals surface area (Å²) < 4.78 is 25.9. The van der Waals surface area contributed by atoms with Crippen LogP contribution in [-0.4, -0.2) is 47.8 Å².